The third-order valence-corrected chi connectivity index (χ3v) is 7.04. The highest BCUT2D eigenvalue weighted by atomic mass is 16.6. The highest BCUT2D eigenvalue weighted by Gasteiger charge is 2.26. The van der Waals surface area contributed by atoms with Crippen LogP contribution < -0.4 is 9.47 Å². The molecule has 0 spiro atoms. The predicted molar refractivity (Wildman–Crippen MR) is 154 cm³/mol. The summed E-state index contributed by atoms with van der Waals surface area (Å²) < 4.78 is 21.6. The number of hydrogen-bond donors (Lipinski definition) is 0. The number of carbonyl (C=O) groups excluding carboxylic acids is 3. The third-order valence-electron chi connectivity index (χ3n) is 7.04. The summed E-state index contributed by atoms with van der Waals surface area (Å²) in [7, 11) is 1.47. The Bertz CT molecular complexity index is 1200. The lowest BCUT2D eigenvalue weighted by molar-refractivity contribution is -0.131. The second kappa shape index (κ2) is 15.2. The van der Waals surface area contributed by atoms with Crippen molar-refractivity contribution in [2.24, 2.45) is 5.92 Å². The van der Waals surface area contributed by atoms with Crippen LogP contribution in [-0.2, 0) is 19.1 Å². The molecule has 0 amide bonds. The molecule has 0 aliphatic heterocycles. The summed E-state index contributed by atoms with van der Waals surface area (Å²) in [4.78, 5) is 37.7. The Morgan fingerprint density at radius 1 is 0.875 bits per heavy atom. The molecule has 0 bridgehead atoms. The van der Waals surface area contributed by atoms with Crippen LogP contribution >= 0.6 is 0 Å². The molecule has 0 unspecified atom stereocenters. The lowest BCUT2D eigenvalue weighted by Gasteiger charge is -2.28. The van der Waals surface area contributed by atoms with Gasteiger partial charge in [-0.25, -0.2) is 14.4 Å². The highest BCUT2D eigenvalue weighted by molar-refractivity contribution is 5.97. The van der Waals surface area contributed by atoms with Gasteiger partial charge in [-0.3, -0.25) is 0 Å². The molecule has 0 heterocycles. The lowest BCUT2D eigenvalue weighted by atomic mass is 9.84. The molecule has 214 valence electrons. The molecular formula is C33H40O7. The van der Waals surface area contributed by atoms with Crippen LogP contribution in [0.15, 0.2) is 66.8 Å². The first-order valence-corrected chi connectivity index (χ1v) is 13.9. The van der Waals surface area contributed by atoms with Crippen molar-refractivity contribution in [3.63, 3.8) is 0 Å². The van der Waals surface area contributed by atoms with Gasteiger partial charge in [-0.15, -0.1) is 0 Å². The van der Waals surface area contributed by atoms with E-state index in [0.29, 0.717) is 17.2 Å². The van der Waals surface area contributed by atoms with E-state index in [0.717, 1.165) is 31.2 Å². The van der Waals surface area contributed by atoms with Crippen LogP contribution in [0.4, 0.5) is 0 Å². The Kier molecular flexibility index (Phi) is 11.7. The molecule has 0 N–H and O–H groups in total. The average Bonchev–Trinajstić information content (AvgIpc) is 2.94. The minimum Gasteiger partial charge on any atom is -0.459 e. The molecule has 1 fully saturated rings. The van der Waals surface area contributed by atoms with Crippen LogP contribution in [0.3, 0.4) is 0 Å². The predicted octanol–water partition coefficient (Wildman–Crippen LogP) is 7.24. The van der Waals surface area contributed by atoms with Crippen molar-refractivity contribution < 1.29 is 33.3 Å². The quantitative estimate of drug-likeness (QED) is 0.113. The second-order valence-corrected chi connectivity index (χ2v) is 10.4. The number of hydrogen-bond acceptors (Lipinski definition) is 7. The van der Waals surface area contributed by atoms with Gasteiger partial charge in [0.05, 0.1) is 12.2 Å². The fourth-order valence-electron chi connectivity index (χ4n) is 4.71. The minimum absolute atomic E-state index is 0.0818. The van der Waals surface area contributed by atoms with Gasteiger partial charge in [0.25, 0.3) is 0 Å². The average molecular weight is 549 g/mol. The van der Waals surface area contributed by atoms with Gasteiger partial charge in [0.15, 0.2) is 0 Å². The lowest BCUT2D eigenvalue weighted by Crippen LogP contribution is -2.25. The van der Waals surface area contributed by atoms with Gasteiger partial charge in [-0.1, -0.05) is 64.0 Å². The van der Waals surface area contributed by atoms with E-state index in [2.05, 4.69) is 20.1 Å². The number of benzene rings is 2. The van der Waals surface area contributed by atoms with Gasteiger partial charge >= 0.3 is 17.9 Å². The van der Waals surface area contributed by atoms with Crippen molar-refractivity contribution in [1.29, 1.82) is 0 Å². The smallest absolute Gasteiger partial charge is 0.342 e. The van der Waals surface area contributed by atoms with Crippen LogP contribution in [0.1, 0.15) is 75.6 Å². The number of methoxy groups -OCH3 is 1. The maximum Gasteiger partial charge on any atom is 0.342 e. The van der Waals surface area contributed by atoms with Crippen LogP contribution in [0.5, 0.6) is 11.5 Å². The van der Waals surface area contributed by atoms with Crippen molar-refractivity contribution >= 4 is 17.9 Å². The van der Waals surface area contributed by atoms with E-state index in [1.807, 2.05) is 0 Å². The van der Waals surface area contributed by atoms with Gasteiger partial charge in [-0.05, 0) is 73.9 Å². The molecule has 0 radical (unpaired) electrons. The van der Waals surface area contributed by atoms with Gasteiger partial charge in [0.1, 0.15) is 23.2 Å². The zero-order valence-electron chi connectivity index (χ0n) is 23.8. The van der Waals surface area contributed by atoms with Crippen LogP contribution in [0.25, 0.3) is 11.1 Å². The molecule has 2 aromatic carbocycles. The van der Waals surface area contributed by atoms with Crippen molar-refractivity contribution in [1.82, 2.24) is 0 Å². The summed E-state index contributed by atoms with van der Waals surface area (Å²) >= 11 is 0. The van der Waals surface area contributed by atoms with Gasteiger partial charge < -0.3 is 18.9 Å². The Hall–Kier alpha value is -3.71. The Morgan fingerprint density at radius 3 is 2.17 bits per heavy atom. The van der Waals surface area contributed by atoms with Crippen LogP contribution in [0.2, 0.25) is 0 Å². The van der Waals surface area contributed by atoms with E-state index >= 15 is 0 Å². The first-order chi connectivity index (χ1) is 19.2. The van der Waals surface area contributed by atoms with Crippen molar-refractivity contribution in [3.05, 3.63) is 72.3 Å². The fraction of sp³-hybridized carbons (Fsp3) is 0.424. The molecule has 0 atom stereocenters. The van der Waals surface area contributed by atoms with Crippen LogP contribution in [-0.4, -0.2) is 37.7 Å². The molecule has 7 heteroatoms. The van der Waals surface area contributed by atoms with E-state index in [9.17, 15) is 14.4 Å². The highest BCUT2D eigenvalue weighted by Crippen LogP contribution is 2.33. The first-order valence-electron chi connectivity index (χ1n) is 13.9. The summed E-state index contributed by atoms with van der Waals surface area (Å²) in [6, 6.07) is 11.8. The van der Waals surface area contributed by atoms with E-state index < -0.39 is 17.9 Å². The normalized spacial score (nSPS) is 16.6. The maximum absolute atomic E-state index is 13.3. The summed E-state index contributed by atoms with van der Waals surface area (Å²) in [5.41, 5.74) is 2.09. The van der Waals surface area contributed by atoms with E-state index in [1.165, 1.54) is 32.8 Å². The molecule has 40 heavy (non-hydrogen) atoms. The van der Waals surface area contributed by atoms with Gasteiger partial charge in [0, 0.05) is 12.7 Å². The molecule has 0 aromatic heterocycles. The zero-order chi connectivity index (χ0) is 29.1. The summed E-state index contributed by atoms with van der Waals surface area (Å²) in [6.07, 6.45) is 8.57. The fourth-order valence-corrected chi connectivity index (χ4v) is 4.71. The van der Waals surface area contributed by atoms with Crippen LogP contribution in [0, 0.1) is 5.92 Å². The first kappa shape index (κ1) is 30.8. The SMILES string of the molecule is C=C(C)C(=O)Oc1ccc(-c2ccc(OC(=O)C(=C)COC)cc2)cc1C(=O)OC1CCC(CCCCC)CC1. The monoisotopic (exact) mass is 548 g/mol. The Labute approximate surface area is 237 Å². The van der Waals surface area contributed by atoms with E-state index in [-0.39, 0.29) is 35.2 Å². The minimum atomic E-state index is -0.615. The number of rotatable bonds is 13. The number of ether oxygens (including phenoxy) is 4. The third kappa shape index (κ3) is 8.91. The summed E-state index contributed by atoms with van der Waals surface area (Å²) in [6.45, 7) is 11.1. The molecule has 1 aliphatic rings. The molecule has 1 saturated carbocycles. The largest absolute Gasteiger partial charge is 0.459 e. The number of esters is 3. The topological polar surface area (TPSA) is 88.1 Å². The number of unbranched alkanes of at least 4 members (excludes halogenated alkanes) is 2. The second-order valence-electron chi connectivity index (χ2n) is 10.4. The molecule has 7 nitrogen and oxygen atoms in total. The van der Waals surface area contributed by atoms with E-state index in [1.54, 1.807) is 49.4 Å². The molecule has 0 saturated heterocycles. The number of carbonyl (C=O) groups is 3. The summed E-state index contributed by atoms with van der Waals surface area (Å²) in [5.74, 6) is -0.547. The van der Waals surface area contributed by atoms with Gasteiger partial charge in [-0.2, -0.15) is 0 Å². The molecule has 3 rings (SSSR count). The Morgan fingerprint density at radius 2 is 1.55 bits per heavy atom. The van der Waals surface area contributed by atoms with Crippen molar-refractivity contribution in [2.45, 2.75) is 71.3 Å². The maximum atomic E-state index is 13.3. The molecule has 2 aromatic rings. The van der Waals surface area contributed by atoms with Gasteiger partial charge in [0.2, 0.25) is 0 Å². The summed E-state index contributed by atoms with van der Waals surface area (Å²) in [5, 5.41) is 0. The van der Waals surface area contributed by atoms with E-state index in [4.69, 9.17) is 18.9 Å². The standard InChI is InChI=1S/C33H40O7/c1-6-7-8-9-24-10-15-27(16-11-24)39-33(36)29-20-26(14-19-30(29)40-31(34)22(2)3)25-12-17-28(18-13-25)38-32(35)23(4)21-37-5/h12-14,17-20,24,27H,2,4,6-11,15-16,21H2,1,3,5H3. The zero-order valence-corrected chi connectivity index (χ0v) is 23.8. The molecular weight excluding hydrogens is 508 g/mol. The van der Waals surface area contributed by atoms with Crippen molar-refractivity contribution in [3.8, 4) is 22.6 Å². The molecule has 1 aliphatic carbocycles. The Balaban J connectivity index is 1.75. The van der Waals surface area contributed by atoms with Crippen molar-refractivity contribution in [2.75, 3.05) is 13.7 Å².